The lowest BCUT2D eigenvalue weighted by Crippen LogP contribution is -2.44. The van der Waals surface area contributed by atoms with Crippen LogP contribution in [0.5, 0.6) is 0 Å². The van der Waals surface area contributed by atoms with Crippen LogP contribution in [0.25, 0.3) is 10.9 Å². The highest BCUT2D eigenvalue weighted by Gasteiger charge is 2.21. The van der Waals surface area contributed by atoms with Gasteiger partial charge in [0.05, 0.1) is 21.3 Å². The van der Waals surface area contributed by atoms with Crippen molar-refractivity contribution in [2.24, 2.45) is 0 Å². The number of halogens is 2. The molecule has 1 fully saturated rings. The average molecular weight is 504 g/mol. The van der Waals surface area contributed by atoms with Crippen LogP contribution in [-0.2, 0) is 11.3 Å². The number of pyridine rings is 1. The molecule has 2 aromatic carbocycles. The Hall–Kier alpha value is -2.32. The van der Waals surface area contributed by atoms with Crippen molar-refractivity contribution < 1.29 is 14.7 Å². The van der Waals surface area contributed by atoms with E-state index in [4.69, 9.17) is 28.3 Å². The van der Waals surface area contributed by atoms with Crippen molar-refractivity contribution in [1.82, 2.24) is 15.2 Å². The number of nitrogens with zero attached hydrogens (tertiary/aromatic N) is 2. The fourth-order valence-corrected chi connectivity index (χ4v) is 4.94. The Balaban J connectivity index is 1.23. The SMILES string of the molecule is O=C(CSc1ccc2nc(C(=O)O)ccc2c1)NC1CCN(Cc2ccc(Cl)c(Cl)c2)CC1. The van der Waals surface area contributed by atoms with Gasteiger partial charge in [-0.05, 0) is 54.8 Å². The number of aromatic carboxylic acids is 1. The van der Waals surface area contributed by atoms with Crippen LogP contribution < -0.4 is 5.32 Å². The van der Waals surface area contributed by atoms with Crippen LogP contribution in [0.15, 0.2) is 53.4 Å². The van der Waals surface area contributed by atoms with E-state index in [0.717, 1.165) is 48.3 Å². The predicted octanol–water partition coefficient (Wildman–Crippen LogP) is 5.11. The molecule has 0 radical (unpaired) electrons. The first-order chi connectivity index (χ1) is 15.9. The normalized spacial score (nSPS) is 15.0. The second-order valence-electron chi connectivity index (χ2n) is 8.01. The van der Waals surface area contributed by atoms with Crippen molar-refractivity contribution >= 4 is 57.7 Å². The van der Waals surface area contributed by atoms with Crippen LogP contribution in [0, 0.1) is 0 Å². The number of carbonyl (C=O) groups excluding carboxylic acids is 1. The third-order valence-corrected chi connectivity index (χ3v) is 7.33. The molecular formula is C24H23Cl2N3O3S. The molecule has 172 valence electrons. The number of hydrogen-bond acceptors (Lipinski definition) is 5. The zero-order valence-electron chi connectivity index (χ0n) is 17.8. The number of hydrogen-bond donors (Lipinski definition) is 2. The topological polar surface area (TPSA) is 82.5 Å². The number of carboxylic acids is 1. The molecule has 33 heavy (non-hydrogen) atoms. The number of rotatable bonds is 7. The molecule has 1 aliphatic heterocycles. The third-order valence-electron chi connectivity index (χ3n) is 5.59. The summed E-state index contributed by atoms with van der Waals surface area (Å²) in [5, 5.41) is 14.2. The number of amides is 1. The molecule has 1 amide bonds. The first-order valence-electron chi connectivity index (χ1n) is 10.6. The number of thioether (sulfide) groups is 1. The minimum Gasteiger partial charge on any atom is -0.477 e. The molecule has 2 heterocycles. The molecule has 9 heteroatoms. The highest BCUT2D eigenvalue weighted by Crippen LogP contribution is 2.25. The van der Waals surface area contributed by atoms with Gasteiger partial charge in [-0.1, -0.05) is 35.3 Å². The summed E-state index contributed by atoms with van der Waals surface area (Å²) >= 11 is 13.6. The molecule has 0 atom stereocenters. The maximum absolute atomic E-state index is 12.5. The van der Waals surface area contributed by atoms with Crippen LogP contribution in [0.3, 0.4) is 0 Å². The Kier molecular flexibility index (Phi) is 7.75. The smallest absolute Gasteiger partial charge is 0.354 e. The molecule has 0 spiro atoms. The maximum atomic E-state index is 12.5. The lowest BCUT2D eigenvalue weighted by molar-refractivity contribution is -0.119. The summed E-state index contributed by atoms with van der Waals surface area (Å²) in [4.78, 5) is 30.9. The van der Waals surface area contributed by atoms with Gasteiger partial charge in [0, 0.05) is 36.0 Å². The standard InChI is InChI=1S/C24H23Cl2N3O3S/c25-19-4-1-15(11-20(19)26)13-29-9-7-17(8-10-29)27-23(30)14-33-18-3-6-21-16(12-18)2-5-22(28-21)24(31)32/h1-6,11-12,17H,7-10,13-14H2,(H,27,30)(H,31,32). The first-order valence-corrected chi connectivity index (χ1v) is 12.3. The second kappa shape index (κ2) is 10.7. The van der Waals surface area contributed by atoms with Crippen LogP contribution >= 0.6 is 35.0 Å². The van der Waals surface area contributed by atoms with Gasteiger partial charge in [0.2, 0.25) is 5.91 Å². The second-order valence-corrected chi connectivity index (χ2v) is 9.87. The molecule has 0 aliphatic carbocycles. The van der Waals surface area contributed by atoms with Gasteiger partial charge >= 0.3 is 5.97 Å². The fraction of sp³-hybridized carbons (Fsp3) is 0.292. The third kappa shape index (κ3) is 6.38. The lowest BCUT2D eigenvalue weighted by Gasteiger charge is -2.32. The molecule has 1 saturated heterocycles. The van der Waals surface area contributed by atoms with Crippen LogP contribution in [0.4, 0.5) is 0 Å². The Morgan fingerprint density at radius 2 is 1.85 bits per heavy atom. The fourth-order valence-electron chi connectivity index (χ4n) is 3.86. The molecule has 1 aliphatic rings. The summed E-state index contributed by atoms with van der Waals surface area (Å²) in [6.45, 7) is 2.64. The van der Waals surface area contributed by atoms with Crippen molar-refractivity contribution in [1.29, 1.82) is 0 Å². The summed E-state index contributed by atoms with van der Waals surface area (Å²) in [6, 6.07) is 14.7. The maximum Gasteiger partial charge on any atom is 0.354 e. The van der Waals surface area contributed by atoms with Crippen LogP contribution in [0.2, 0.25) is 10.0 Å². The molecule has 6 nitrogen and oxygen atoms in total. The molecule has 0 unspecified atom stereocenters. The Morgan fingerprint density at radius 1 is 1.06 bits per heavy atom. The summed E-state index contributed by atoms with van der Waals surface area (Å²) in [5.74, 6) is -0.704. The zero-order chi connectivity index (χ0) is 23.4. The highest BCUT2D eigenvalue weighted by molar-refractivity contribution is 8.00. The summed E-state index contributed by atoms with van der Waals surface area (Å²) < 4.78 is 0. The van der Waals surface area contributed by atoms with E-state index in [2.05, 4.69) is 15.2 Å². The first kappa shape index (κ1) is 23.8. The van der Waals surface area contributed by atoms with Gasteiger partial charge in [-0.2, -0.15) is 0 Å². The van der Waals surface area contributed by atoms with E-state index in [1.807, 2.05) is 30.3 Å². The van der Waals surface area contributed by atoms with E-state index in [9.17, 15) is 9.59 Å². The average Bonchev–Trinajstić information content (AvgIpc) is 2.81. The molecule has 3 aromatic rings. The summed E-state index contributed by atoms with van der Waals surface area (Å²) in [5.41, 5.74) is 1.77. The van der Waals surface area contributed by atoms with E-state index >= 15 is 0 Å². The predicted molar refractivity (Wildman–Crippen MR) is 132 cm³/mol. The van der Waals surface area contributed by atoms with Gasteiger partial charge in [-0.3, -0.25) is 9.69 Å². The number of benzene rings is 2. The Bertz CT molecular complexity index is 1180. The highest BCUT2D eigenvalue weighted by atomic mass is 35.5. The van der Waals surface area contributed by atoms with Crippen LogP contribution in [0.1, 0.15) is 28.9 Å². The van der Waals surface area contributed by atoms with Gasteiger partial charge < -0.3 is 10.4 Å². The monoisotopic (exact) mass is 503 g/mol. The van der Waals surface area contributed by atoms with Gasteiger partial charge in [-0.15, -0.1) is 11.8 Å². The van der Waals surface area contributed by atoms with E-state index in [1.165, 1.54) is 17.8 Å². The Labute approximate surface area is 206 Å². The lowest BCUT2D eigenvalue weighted by atomic mass is 10.0. The van der Waals surface area contributed by atoms with Gasteiger partial charge in [0.15, 0.2) is 0 Å². The Morgan fingerprint density at radius 3 is 2.58 bits per heavy atom. The van der Waals surface area contributed by atoms with Crippen molar-refractivity contribution in [2.45, 2.75) is 30.3 Å². The summed E-state index contributed by atoms with van der Waals surface area (Å²) in [6.07, 6.45) is 1.82. The quantitative estimate of drug-likeness (QED) is 0.435. The van der Waals surface area contributed by atoms with E-state index < -0.39 is 5.97 Å². The van der Waals surface area contributed by atoms with Crippen molar-refractivity contribution in [2.75, 3.05) is 18.8 Å². The molecule has 0 saturated carbocycles. The molecule has 0 bridgehead atoms. The summed E-state index contributed by atoms with van der Waals surface area (Å²) in [7, 11) is 0. The molecule has 4 rings (SSSR count). The van der Waals surface area contributed by atoms with Crippen molar-refractivity contribution in [3.63, 3.8) is 0 Å². The number of carbonyl (C=O) groups is 2. The number of carboxylic acid groups (broad SMARTS) is 1. The van der Waals surface area contributed by atoms with E-state index in [-0.39, 0.29) is 17.6 Å². The molecule has 1 aromatic heterocycles. The largest absolute Gasteiger partial charge is 0.477 e. The van der Waals surface area contributed by atoms with E-state index in [0.29, 0.717) is 21.3 Å². The van der Waals surface area contributed by atoms with Gasteiger partial charge in [0.1, 0.15) is 5.69 Å². The van der Waals surface area contributed by atoms with Crippen LogP contribution in [-0.4, -0.2) is 51.8 Å². The van der Waals surface area contributed by atoms with Crippen molar-refractivity contribution in [3.05, 3.63) is 69.8 Å². The van der Waals surface area contributed by atoms with Gasteiger partial charge in [-0.25, -0.2) is 9.78 Å². The zero-order valence-corrected chi connectivity index (χ0v) is 20.1. The van der Waals surface area contributed by atoms with Crippen molar-refractivity contribution in [3.8, 4) is 0 Å². The minimum absolute atomic E-state index is 0.0161. The number of nitrogens with one attached hydrogen (secondary N) is 1. The minimum atomic E-state index is -1.05. The van der Waals surface area contributed by atoms with Gasteiger partial charge in [0.25, 0.3) is 0 Å². The number of fused-ring (bicyclic) bond motifs is 1. The number of likely N-dealkylation sites (tertiary alicyclic amines) is 1. The number of piperidine rings is 1. The molecular weight excluding hydrogens is 481 g/mol. The van der Waals surface area contributed by atoms with E-state index in [1.54, 1.807) is 12.1 Å². The number of aromatic nitrogens is 1. The molecule has 2 N–H and O–H groups in total.